The fourth-order valence-electron chi connectivity index (χ4n) is 3.32. The van der Waals surface area contributed by atoms with Crippen LogP contribution < -0.4 is 16.2 Å². The Morgan fingerprint density at radius 3 is 2.96 bits per heavy atom. The van der Waals surface area contributed by atoms with Crippen molar-refractivity contribution < 1.29 is 13.7 Å². The fraction of sp³-hybridized carbons (Fsp3) is 0.200. The lowest BCUT2D eigenvalue weighted by atomic mass is 10.1. The van der Waals surface area contributed by atoms with Crippen LogP contribution in [0.15, 0.2) is 62.9 Å². The van der Waals surface area contributed by atoms with Crippen molar-refractivity contribution in [3.8, 4) is 11.5 Å². The van der Waals surface area contributed by atoms with E-state index in [1.165, 1.54) is 4.88 Å². The van der Waals surface area contributed by atoms with Gasteiger partial charge in [-0.3, -0.25) is 4.79 Å². The highest BCUT2D eigenvalue weighted by Crippen LogP contribution is 2.28. The van der Waals surface area contributed by atoms with Gasteiger partial charge in [0.2, 0.25) is 11.7 Å². The summed E-state index contributed by atoms with van der Waals surface area (Å²) in [5.41, 5.74) is 7.68. The lowest BCUT2D eigenvalue weighted by Gasteiger charge is -2.09. The number of thiophene rings is 1. The van der Waals surface area contributed by atoms with Crippen molar-refractivity contribution in [1.29, 1.82) is 0 Å². The van der Waals surface area contributed by atoms with Gasteiger partial charge < -0.3 is 14.3 Å². The molecular formula is C20H18N4O3S. The van der Waals surface area contributed by atoms with Crippen molar-refractivity contribution in [3.63, 3.8) is 0 Å². The molecule has 1 amide bonds. The Hall–Kier alpha value is -2.94. The molecule has 1 aromatic carbocycles. The molecule has 1 aliphatic heterocycles. The van der Waals surface area contributed by atoms with Crippen LogP contribution in [0.2, 0.25) is 0 Å². The fourth-order valence-corrected chi connectivity index (χ4v) is 4.11. The number of furan rings is 1. The summed E-state index contributed by atoms with van der Waals surface area (Å²) in [5, 5.41) is 9.98. The first-order chi connectivity index (χ1) is 13.8. The molecule has 4 aromatic rings. The molecule has 4 heterocycles. The van der Waals surface area contributed by atoms with E-state index in [2.05, 4.69) is 27.4 Å². The zero-order valence-corrected chi connectivity index (χ0v) is 15.7. The van der Waals surface area contributed by atoms with E-state index in [4.69, 9.17) is 8.94 Å². The molecular weight excluding hydrogens is 376 g/mol. The average molecular weight is 394 g/mol. The Bertz CT molecular complexity index is 1070. The molecule has 0 aliphatic carbocycles. The maximum Gasteiger partial charge on any atom is 0.238 e. The first kappa shape index (κ1) is 17.2. The van der Waals surface area contributed by atoms with Gasteiger partial charge in [0.05, 0.1) is 12.6 Å². The Kier molecular flexibility index (Phi) is 4.44. The van der Waals surface area contributed by atoms with Crippen LogP contribution in [0.5, 0.6) is 0 Å². The van der Waals surface area contributed by atoms with Crippen molar-refractivity contribution >= 4 is 28.2 Å². The summed E-state index contributed by atoms with van der Waals surface area (Å²) < 4.78 is 11.2. The van der Waals surface area contributed by atoms with Gasteiger partial charge in [0.15, 0.2) is 5.76 Å². The van der Waals surface area contributed by atoms with Crippen LogP contribution in [-0.2, 0) is 11.3 Å². The lowest BCUT2D eigenvalue weighted by molar-refractivity contribution is -0.123. The number of amides is 1. The van der Waals surface area contributed by atoms with Crippen LogP contribution in [-0.4, -0.2) is 17.1 Å². The zero-order chi connectivity index (χ0) is 18.9. The first-order valence-electron chi connectivity index (χ1n) is 9.03. The van der Waals surface area contributed by atoms with Crippen molar-refractivity contribution in [2.24, 2.45) is 0 Å². The standard InChI is InChI=1S/C20H18N4O3S/c25-20(15-10-14(22-23-15)19-6-3-7-28-19)21-11-13-9-18(27-24-13)17-8-12-4-1-2-5-16(12)26-17/h1-9,14-15,22-23H,10-11H2,(H,21,25). The Morgan fingerprint density at radius 2 is 2.11 bits per heavy atom. The molecule has 0 bridgehead atoms. The Morgan fingerprint density at radius 1 is 1.18 bits per heavy atom. The van der Waals surface area contributed by atoms with Gasteiger partial charge in [-0.15, -0.1) is 11.3 Å². The largest absolute Gasteiger partial charge is 0.453 e. The highest BCUT2D eigenvalue weighted by Gasteiger charge is 2.30. The van der Waals surface area contributed by atoms with Crippen molar-refractivity contribution in [3.05, 3.63) is 64.5 Å². The number of benzene rings is 1. The SMILES string of the molecule is O=C(NCc1cc(-c2cc3ccccc3o2)on1)C1CC(c2cccs2)NN1. The van der Waals surface area contributed by atoms with Crippen LogP contribution in [0.3, 0.4) is 0 Å². The quantitative estimate of drug-likeness (QED) is 0.481. The van der Waals surface area contributed by atoms with E-state index in [-0.39, 0.29) is 18.0 Å². The summed E-state index contributed by atoms with van der Waals surface area (Å²) in [6.45, 7) is 0.296. The molecule has 5 rings (SSSR count). The van der Waals surface area contributed by atoms with Gasteiger partial charge in [-0.25, -0.2) is 10.9 Å². The summed E-state index contributed by atoms with van der Waals surface area (Å²) in [6, 6.07) is 15.4. The third kappa shape index (κ3) is 3.33. The number of fused-ring (bicyclic) bond motifs is 1. The number of aromatic nitrogens is 1. The molecule has 1 fully saturated rings. The van der Waals surface area contributed by atoms with Gasteiger partial charge in [-0.05, 0) is 30.0 Å². The number of hydrazine groups is 1. The second-order valence-electron chi connectivity index (χ2n) is 6.69. The Balaban J connectivity index is 1.20. The van der Waals surface area contributed by atoms with Crippen molar-refractivity contribution in [2.75, 3.05) is 0 Å². The van der Waals surface area contributed by atoms with Crippen LogP contribution in [0, 0.1) is 0 Å². The van der Waals surface area contributed by atoms with Crippen LogP contribution in [0.25, 0.3) is 22.5 Å². The second-order valence-corrected chi connectivity index (χ2v) is 7.67. The molecule has 2 unspecified atom stereocenters. The number of hydrogen-bond acceptors (Lipinski definition) is 7. The summed E-state index contributed by atoms with van der Waals surface area (Å²) in [7, 11) is 0. The summed E-state index contributed by atoms with van der Waals surface area (Å²) in [6.07, 6.45) is 0.704. The second kappa shape index (κ2) is 7.23. The number of nitrogens with zero attached hydrogens (tertiary/aromatic N) is 1. The molecule has 8 heteroatoms. The van der Waals surface area contributed by atoms with Crippen molar-refractivity contribution in [1.82, 2.24) is 21.3 Å². The van der Waals surface area contributed by atoms with E-state index in [0.717, 1.165) is 11.0 Å². The highest BCUT2D eigenvalue weighted by atomic mass is 32.1. The van der Waals surface area contributed by atoms with Crippen LogP contribution in [0.1, 0.15) is 23.0 Å². The number of para-hydroxylation sites is 1. The molecule has 1 aliphatic rings. The number of nitrogens with one attached hydrogen (secondary N) is 3. The summed E-state index contributed by atoms with van der Waals surface area (Å²) >= 11 is 1.68. The minimum atomic E-state index is -0.283. The van der Waals surface area contributed by atoms with Gasteiger partial charge in [0.1, 0.15) is 17.3 Å². The topological polar surface area (TPSA) is 92.3 Å². The number of rotatable bonds is 5. The minimum absolute atomic E-state index is 0.0696. The molecule has 142 valence electrons. The number of hydrogen-bond donors (Lipinski definition) is 3. The molecule has 1 saturated heterocycles. The maximum absolute atomic E-state index is 12.4. The van der Waals surface area contributed by atoms with Crippen LogP contribution in [0.4, 0.5) is 0 Å². The van der Waals surface area contributed by atoms with Crippen LogP contribution >= 0.6 is 11.3 Å². The van der Waals surface area contributed by atoms with Crippen molar-refractivity contribution in [2.45, 2.75) is 25.0 Å². The maximum atomic E-state index is 12.4. The molecule has 0 saturated carbocycles. The predicted octanol–water partition coefficient (Wildman–Crippen LogP) is 3.37. The highest BCUT2D eigenvalue weighted by molar-refractivity contribution is 7.10. The summed E-state index contributed by atoms with van der Waals surface area (Å²) in [5.74, 6) is 1.09. The van der Waals surface area contributed by atoms with Gasteiger partial charge in [-0.1, -0.05) is 29.4 Å². The number of carbonyl (C=O) groups excluding carboxylic acids is 1. The van der Waals surface area contributed by atoms with E-state index in [0.29, 0.717) is 30.2 Å². The van der Waals surface area contributed by atoms with Gasteiger partial charge in [0.25, 0.3) is 0 Å². The third-order valence-corrected chi connectivity index (χ3v) is 5.76. The number of carbonyl (C=O) groups is 1. The van der Waals surface area contributed by atoms with Gasteiger partial charge in [-0.2, -0.15) is 0 Å². The lowest BCUT2D eigenvalue weighted by Crippen LogP contribution is -2.42. The first-order valence-corrected chi connectivity index (χ1v) is 9.91. The molecule has 0 radical (unpaired) electrons. The van der Waals surface area contributed by atoms with E-state index in [9.17, 15) is 4.79 Å². The third-order valence-electron chi connectivity index (χ3n) is 4.78. The normalized spacial score (nSPS) is 19.3. The van der Waals surface area contributed by atoms with E-state index < -0.39 is 0 Å². The average Bonchev–Trinajstić information content (AvgIpc) is 3.51. The zero-order valence-electron chi connectivity index (χ0n) is 14.8. The van der Waals surface area contributed by atoms with E-state index >= 15 is 0 Å². The van der Waals surface area contributed by atoms with E-state index in [1.54, 1.807) is 17.4 Å². The molecule has 7 nitrogen and oxygen atoms in total. The molecule has 3 aromatic heterocycles. The predicted molar refractivity (Wildman–Crippen MR) is 105 cm³/mol. The molecule has 3 N–H and O–H groups in total. The Labute approximate surface area is 164 Å². The van der Waals surface area contributed by atoms with Gasteiger partial charge >= 0.3 is 0 Å². The molecule has 0 spiro atoms. The van der Waals surface area contributed by atoms with Gasteiger partial charge in [0, 0.05) is 16.3 Å². The molecule has 2 atom stereocenters. The monoisotopic (exact) mass is 394 g/mol. The van der Waals surface area contributed by atoms with E-state index in [1.807, 2.05) is 41.8 Å². The summed E-state index contributed by atoms with van der Waals surface area (Å²) in [4.78, 5) is 13.7. The minimum Gasteiger partial charge on any atom is -0.453 e. The molecule has 28 heavy (non-hydrogen) atoms. The smallest absolute Gasteiger partial charge is 0.238 e.